The van der Waals surface area contributed by atoms with Crippen molar-refractivity contribution in [2.24, 2.45) is 0 Å². The van der Waals surface area contributed by atoms with Crippen LogP contribution in [0.5, 0.6) is 0 Å². The van der Waals surface area contributed by atoms with E-state index in [4.69, 9.17) is 17.3 Å². The van der Waals surface area contributed by atoms with E-state index in [-0.39, 0.29) is 12.4 Å². The van der Waals surface area contributed by atoms with Gasteiger partial charge in [0.1, 0.15) is 0 Å². The maximum absolute atomic E-state index is 5.50. The molecule has 1 heterocycles. The topological polar surface area (TPSA) is 38.9 Å². The van der Waals surface area contributed by atoms with Gasteiger partial charge in [0.15, 0.2) is 0 Å². The quantitative estimate of drug-likeness (QED) is 0.635. The largest absolute Gasteiger partial charge is 0.397 e. The highest BCUT2D eigenvalue weighted by atomic mass is 35.5. The number of nitrogens with zero attached hydrogens (tertiary/aromatic N) is 1. The summed E-state index contributed by atoms with van der Waals surface area (Å²) in [5.41, 5.74) is 5.91. The van der Waals surface area contributed by atoms with E-state index in [0.717, 1.165) is 0 Å². The second kappa shape index (κ2) is 3.54. The normalized spacial score (nSPS) is 8.11. The van der Waals surface area contributed by atoms with Crippen LogP contribution in [0.1, 0.15) is 0 Å². The highest BCUT2D eigenvalue weighted by Gasteiger charge is 1.84. The molecule has 1 aromatic rings. The van der Waals surface area contributed by atoms with E-state index in [1.807, 2.05) is 0 Å². The smallest absolute Gasteiger partial charge is 0.0609 e. The van der Waals surface area contributed by atoms with Crippen LogP contribution in [0.15, 0.2) is 18.5 Å². The van der Waals surface area contributed by atoms with E-state index in [1.165, 1.54) is 6.20 Å². The van der Waals surface area contributed by atoms with Crippen LogP contribution in [0, 0.1) is 0 Å². The maximum atomic E-state index is 5.50. The van der Waals surface area contributed by atoms with Crippen LogP contribution >= 0.6 is 24.0 Å². The molecule has 0 aliphatic carbocycles. The molecule has 1 rings (SSSR count). The zero-order valence-electron chi connectivity index (χ0n) is 4.54. The lowest BCUT2D eigenvalue weighted by molar-refractivity contribution is 1.33. The molecular weight excluding hydrogens is 159 g/mol. The number of aromatic nitrogens is 1. The van der Waals surface area contributed by atoms with Crippen molar-refractivity contribution < 1.29 is 0 Å². The van der Waals surface area contributed by atoms with Gasteiger partial charge in [-0.2, -0.15) is 0 Å². The molecule has 2 N–H and O–H groups in total. The predicted octanol–water partition coefficient (Wildman–Crippen LogP) is 1.74. The third-order valence-electron chi connectivity index (χ3n) is 0.726. The minimum atomic E-state index is 0. The molecule has 0 unspecified atom stereocenters. The monoisotopic (exact) mass is 164 g/mol. The van der Waals surface area contributed by atoms with Crippen LogP contribution in [0.3, 0.4) is 0 Å². The minimum Gasteiger partial charge on any atom is -0.397 e. The maximum Gasteiger partial charge on any atom is 0.0609 e. The fraction of sp³-hybridized carbons (Fsp3) is 0. The first kappa shape index (κ1) is 8.53. The summed E-state index contributed by atoms with van der Waals surface area (Å²) in [6, 6.07) is 1.65. The lowest BCUT2D eigenvalue weighted by Crippen LogP contribution is -1.83. The summed E-state index contributed by atoms with van der Waals surface area (Å²) in [5.74, 6) is 0. The SMILES string of the molecule is Cl.Nc1cncc(Cl)c1. The number of hydrogen-bond donors (Lipinski definition) is 1. The summed E-state index contributed by atoms with van der Waals surface area (Å²) in [6.45, 7) is 0. The number of nitrogens with two attached hydrogens (primary N) is 1. The number of rotatable bonds is 0. The molecule has 4 heteroatoms. The summed E-state index contributed by atoms with van der Waals surface area (Å²) in [4.78, 5) is 3.73. The zero-order valence-corrected chi connectivity index (χ0v) is 6.12. The van der Waals surface area contributed by atoms with Gasteiger partial charge in [-0.25, -0.2) is 0 Å². The van der Waals surface area contributed by atoms with Crippen molar-refractivity contribution in [3.8, 4) is 0 Å². The fourth-order valence-electron chi connectivity index (χ4n) is 0.428. The highest BCUT2D eigenvalue weighted by molar-refractivity contribution is 6.30. The second-order valence-electron chi connectivity index (χ2n) is 1.44. The van der Waals surface area contributed by atoms with Gasteiger partial charge in [0.2, 0.25) is 0 Å². The van der Waals surface area contributed by atoms with E-state index in [2.05, 4.69) is 4.98 Å². The van der Waals surface area contributed by atoms with Crippen molar-refractivity contribution in [2.75, 3.05) is 5.73 Å². The number of pyridine rings is 1. The first-order valence-electron chi connectivity index (χ1n) is 2.15. The average Bonchev–Trinajstić information content (AvgIpc) is 1.64. The third kappa shape index (κ3) is 2.54. The van der Waals surface area contributed by atoms with Crippen LogP contribution in [0.4, 0.5) is 5.69 Å². The molecule has 9 heavy (non-hydrogen) atoms. The molecular formula is C5H6Cl2N2. The van der Waals surface area contributed by atoms with Crippen molar-refractivity contribution >= 4 is 29.7 Å². The van der Waals surface area contributed by atoms with Gasteiger partial charge in [-0.05, 0) is 6.07 Å². The Morgan fingerprint density at radius 1 is 1.44 bits per heavy atom. The van der Waals surface area contributed by atoms with Gasteiger partial charge in [0, 0.05) is 12.4 Å². The average molecular weight is 165 g/mol. The van der Waals surface area contributed by atoms with E-state index in [0.29, 0.717) is 10.7 Å². The molecule has 0 amide bonds. The lowest BCUT2D eigenvalue weighted by Gasteiger charge is -1.88. The van der Waals surface area contributed by atoms with Crippen molar-refractivity contribution in [2.45, 2.75) is 0 Å². The number of halogens is 2. The summed E-state index contributed by atoms with van der Waals surface area (Å²) in [7, 11) is 0. The van der Waals surface area contributed by atoms with Crippen molar-refractivity contribution in [3.63, 3.8) is 0 Å². The van der Waals surface area contributed by atoms with Crippen LogP contribution in [-0.4, -0.2) is 4.98 Å². The first-order chi connectivity index (χ1) is 3.79. The molecule has 0 spiro atoms. The van der Waals surface area contributed by atoms with E-state index < -0.39 is 0 Å². The Kier molecular flexibility index (Phi) is 3.35. The van der Waals surface area contributed by atoms with Crippen molar-refractivity contribution in [1.82, 2.24) is 4.98 Å². The van der Waals surface area contributed by atoms with Gasteiger partial charge in [-0.15, -0.1) is 12.4 Å². The van der Waals surface area contributed by atoms with Crippen LogP contribution in [-0.2, 0) is 0 Å². The van der Waals surface area contributed by atoms with Crippen LogP contribution < -0.4 is 5.73 Å². The highest BCUT2D eigenvalue weighted by Crippen LogP contribution is 2.08. The second-order valence-corrected chi connectivity index (χ2v) is 1.87. The van der Waals surface area contributed by atoms with Gasteiger partial charge in [-0.1, -0.05) is 11.6 Å². The molecule has 0 saturated carbocycles. The Balaban J connectivity index is 0.000000640. The molecule has 50 valence electrons. The fourth-order valence-corrected chi connectivity index (χ4v) is 0.611. The van der Waals surface area contributed by atoms with Crippen molar-refractivity contribution in [3.05, 3.63) is 23.5 Å². The summed E-state index contributed by atoms with van der Waals surface area (Å²) in [6.07, 6.45) is 3.09. The Labute approximate surface area is 64.4 Å². The molecule has 0 aliphatic heterocycles. The summed E-state index contributed by atoms with van der Waals surface area (Å²) in [5, 5.41) is 0.574. The van der Waals surface area contributed by atoms with E-state index in [1.54, 1.807) is 12.3 Å². The third-order valence-corrected chi connectivity index (χ3v) is 0.933. The van der Waals surface area contributed by atoms with E-state index >= 15 is 0 Å². The molecule has 0 saturated heterocycles. The zero-order chi connectivity index (χ0) is 5.98. The number of anilines is 1. The molecule has 2 nitrogen and oxygen atoms in total. The Bertz CT molecular complexity index is 173. The Morgan fingerprint density at radius 3 is 2.44 bits per heavy atom. The molecule has 0 radical (unpaired) electrons. The van der Waals surface area contributed by atoms with E-state index in [9.17, 15) is 0 Å². The van der Waals surface area contributed by atoms with Gasteiger partial charge < -0.3 is 5.73 Å². The number of hydrogen-bond acceptors (Lipinski definition) is 2. The predicted molar refractivity (Wildman–Crippen MR) is 40.9 cm³/mol. The Morgan fingerprint density at radius 2 is 2.11 bits per heavy atom. The summed E-state index contributed by atoms with van der Waals surface area (Å²) < 4.78 is 0. The molecule has 0 fully saturated rings. The van der Waals surface area contributed by atoms with Gasteiger partial charge in [0.05, 0.1) is 10.7 Å². The minimum absolute atomic E-state index is 0. The van der Waals surface area contributed by atoms with Gasteiger partial charge >= 0.3 is 0 Å². The van der Waals surface area contributed by atoms with Gasteiger partial charge in [-0.3, -0.25) is 4.98 Å². The molecule has 1 aromatic heterocycles. The molecule has 0 bridgehead atoms. The van der Waals surface area contributed by atoms with Crippen LogP contribution in [0.25, 0.3) is 0 Å². The molecule has 0 aliphatic rings. The standard InChI is InChI=1S/C5H5ClN2.ClH/c6-4-1-5(7)3-8-2-4;/h1-3H,7H2;1H. The lowest BCUT2D eigenvalue weighted by atomic mass is 10.4. The first-order valence-corrected chi connectivity index (χ1v) is 2.53. The molecule has 0 aromatic carbocycles. The van der Waals surface area contributed by atoms with Crippen molar-refractivity contribution in [1.29, 1.82) is 0 Å². The molecule has 0 atom stereocenters. The number of nitrogen functional groups attached to an aromatic ring is 1. The summed E-state index contributed by atoms with van der Waals surface area (Å²) >= 11 is 5.50. The van der Waals surface area contributed by atoms with Gasteiger partial charge in [0.25, 0.3) is 0 Å². The van der Waals surface area contributed by atoms with Crippen LogP contribution in [0.2, 0.25) is 5.02 Å². The Hall–Kier alpha value is -0.470.